The molecule has 0 unspecified atom stereocenters. The molecule has 0 aliphatic heterocycles. The maximum Gasteiger partial charge on any atom is 0.198 e. The predicted molar refractivity (Wildman–Crippen MR) is 93.7 cm³/mol. The monoisotopic (exact) mass is 353 g/mol. The van der Waals surface area contributed by atoms with Crippen molar-refractivity contribution in [2.75, 3.05) is 0 Å². The maximum absolute atomic E-state index is 14.1. The third-order valence-electron chi connectivity index (χ3n) is 3.93. The summed E-state index contributed by atoms with van der Waals surface area (Å²) in [7, 11) is 0. The Morgan fingerprint density at radius 1 is 1.24 bits per heavy atom. The second kappa shape index (κ2) is 6.76. The van der Waals surface area contributed by atoms with Gasteiger partial charge in [0.25, 0.3) is 0 Å². The molecule has 126 valence electrons. The fourth-order valence-corrected chi connectivity index (χ4v) is 3.35. The van der Waals surface area contributed by atoms with Crippen LogP contribution in [0, 0.1) is 5.82 Å². The zero-order valence-electron chi connectivity index (χ0n) is 13.5. The van der Waals surface area contributed by atoms with Crippen molar-refractivity contribution in [1.29, 1.82) is 0 Å². The Hall–Kier alpha value is -2.54. The van der Waals surface area contributed by atoms with Gasteiger partial charge in [0, 0.05) is 18.7 Å². The molecule has 5 nitrogen and oxygen atoms in total. The molecule has 1 aromatic carbocycles. The van der Waals surface area contributed by atoms with E-state index in [0.29, 0.717) is 29.0 Å². The molecular formula is C18H16FN5S. The van der Waals surface area contributed by atoms with Gasteiger partial charge in [0.1, 0.15) is 16.7 Å². The van der Waals surface area contributed by atoms with Crippen molar-refractivity contribution in [2.24, 2.45) is 0 Å². The first-order chi connectivity index (χ1) is 12.3. The largest absolute Gasteiger partial charge is 0.298 e. The van der Waals surface area contributed by atoms with E-state index in [1.165, 1.54) is 17.8 Å². The molecule has 0 saturated heterocycles. The summed E-state index contributed by atoms with van der Waals surface area (Å²) < 4.78 is 16.0. The molecule has 1 saturated carbocycles. The van der Waals surface area contributed by atoms with Crippen LogP contribution in [-0.4, -0.2) is 24.7 Å². The number of hydrogen-bond acceptors (Lipinski definition) is 5. The average Bonchev–Trinajstić information content (AvgIpc) is 3.41. The Balaban J connectivity index is 1.69. The lowest BCUT2D eigenvalue weighted by molar-refractivity contribution is 0.626. The second-order valence-corrected chi connectivity index (χ2v) is 6.80. The van der Waals surface area contributed by atoms with E-state index in [-0.39, 0.29) is 5.82 Å². The van der Waals surface area contributed by atoms with Gasteiger partial charge >= 0.3 is 0 Å². The fourth-order valence-electron chi connectivity index (χ4n) is 2.54. The third-order valence-corrected chi connectivity index (χ3v) is 4.85. The van der Waals surface area contributed by atoms with Gasteiger partial charge in [-0.1, -0.05) is 18.2 Å². The first-order valence-corrected chi connectivity index (χ1v) is 8.87. The zero-order valence-corrected chi connectivity index (χ0v) is 14.3. The molecule has 0 radical (unpaired) electrons. The van der Waals surface area contributed by atoms with Crippen LogP contribution in [0.4, 0.5) is 4.39 Å². The van der Waals surface area contributed by atoms with Crippen molar-refractivity contribution in [3.8, 4) is 11.4 Å². The topological polar surface area (TPSA) is 56.5 Å². The third kappa shape index (κ3) is 3.32. The molecule has 2 heterocycles. The first kappa shape index (κ1) is 16.0. The van der Waals surface area contributed by atoms with Gasteiger partial charge in [-0.05, 0) is 42.8 Å². The van der Waals surface area contributed by atoms with Gasteiger partial charge in [-0.25, -0.2) is 14.4 Å². The fraction of sp³-hybridized carbons (Fsp3) is 0.222. The Bertz CT molecular complexity index is 919. The second-order valence-electron chi connectivity index (χ2n) is 5.81. The minimum absolute atomic E-state index is 0.324. The van der Waals surface area contributed by atoms with Crippen molar-refractivity contribution in [3.05, 3.63) is 60.8 Å². The summed E-state index contributed by atoms with van der Waals surface area (Å²) in [5.41, 5.74) is 0.421. The number of nitrogens with zero attached hydrogens (tertiary/aromatic N) is 5. The lowest BCUT2D eigenvalue weighted by Crippen LogP contribution is -2.02. The van der Waals surface area contributed by atoms with E-state index in [1.54, 1.807) is 30.5 Å². The van der Waals surface area contributed by atoms with Crippen molar-refractivity contribution in [1.82, 2.24) is 24.7 Å². The van der Waals surface area contributed by atoms with Crippen molar-refractivity contribution in [3.63, 3.8) is 0 Å². The number of hydrogen-bond donors (Lipinski definition) is 0. The maximum atomic E-state index is 14.1. The summed E-state index contributed by atoms with van der Waals surface area (Å²) >= 11 is 1.40. The van der Waals surface area contributed by atoms with E-state index in [2.05, 4.69) is 26.7 Å². The molecule has 0 spiro atoms. The summed E-state index contributed by atoms with van der Waals surface area (Å²) in [6.45, 7) is 4.27. The normalized spacial score (nSPS) is 13.8. The smallest absolute Gasteiger partial charge is 0.198 e. The highest BCUT2D eigenvalue weighted by Gasteiger charge is 2.27. The zero-order chi connectivity index (χ0) is 17.2. The van der Waals surface area contributed by atoms with Crippen LogP contribution in [-0.2, 0) is 6.54 Å². The molecule has 25 heavy (non-hydrogen) atoms. The Kier molecular flexibility index (Phi) is 4.31. The van der Waals surface area contributed by atoms with Crippen molar-refractivity contribution < 1.29 is 4.39 Å². The molecular weight excluding hydrogens is 337 g/mol. The summed E-state index contributed by atoms with van der Waals surface area (Å²) in [6, 6.07) is 8.41. The highest BCUT2D eigenvalue weighted by Crippen LogP contribution is 2.38. The minimum Gasteiger partial charge on any atom is -0.298 e. The van der Waals surface area contributed by atoms with Crippen LogP contribution in [0.15, 0.2) is 59.4 Å². The lowest BCUT2D eigenvalue weighted by atomic mass is 10.2. The Labute approximate surface area is 149 Å². The summed E-state index contributed by atoms with van der Waals surface area (Å²) in [5, 5.41) is 9.90. The average molecular weight is 353 g/mol. The van der Waals surface area contributed by atoms with Gasteiger partial charge in [0.2, 0.25) is 0 Å². The van der Waals surface area contributed by atoms with Crippen LogP contribution >= 0.6 is 11.8 Å². The molecule has 0 bridgehead atoms. The minimum atomic E-state index is -0.324. The molecule has 4 rings (SSSR count). The van der Waals surface area contributed by atoms with Crippen LogP contribution in [0.2, 0.25) is 0 Å². The Morgan fingerprint density at radius 2 is 2.08 bits per heavy atom. The van der Waals surface area contributed by atoms with Gasteiger partial charge in [-0.2, -0.15) is 0 Å². The summed E-state index contributed by atoms with van der Waals surface area (Å²) in [4.78, 5) is 8.93. The molecule has 7 heteroatoms. The highest BCUT2D eigenvalue weighted by atomic mass is 32.2. The van der Waals surface area contributed by atoms with Crippen LogP contribution < -0.4 is 0 Å². The van der Waals surface area contributed by atoms with Crippen LogP contribution in [0.1, 0.15) is 24.6 Å². The quantitative estimate of drug-likeness (QED) is 0.493. The van der Waals surface area contributed by atoms with Crippen molar-refractivity contribution >= 4 is 11.8 Å². The molecule has 1 aliphatic carbocycles. The number of halogens is 1. The number of allylic oxidation sites excluding steroid dienone is 1. The van der Waals surface area contributed by atoms with E-state index in [4.69, 9.17) is 0 Å². The number of aromatic nitrogens is 5. The standard InChI is InChI=1S/C18H16FN5S/c1-2-11-24-17(13-5-3-4-6-14(13)19)22-23-18(24)25-15-9-10-20-16(21-15)12-7-8-12/h2-6,9-10,12H,1,7-8,11H2. The van der Waals surface area contributed by atoms with E-state index in [9.17, 15) is 4.39 Å². The van der Waals surface area contributed by atoms with Gasteiger partial charge in [-0.15, -0.1) is 16.8 Å². The van der Waals surface area contributed by atoms with E-state index >= 15 is 0 Å². The van der Waals surface area contributed by atoms with Crippen LogP contribution in [0.5, 0.6) is 0 Å². The molecule has 3 aromatic rings. The van der Waals surface area contributed by atoms with Gasteiger partial charge in [-0.3, -0.25) is 4.57 Å². The van der Waals surface area contributed by atoms with Gasteiger partial charge < -0.3 is 0 Å². The molecule has 2 aromatic heterocycles. The SMILES string of the molecule is C=CCn1c(Sc2ccnc(C3CC3)n2)nnc1-c1ccccc1F. The molecule has 0 N–H and O–H groups in total. The van der Waals surface area contributed by atoms with E-state index in [1.807, 2.05) is 10.6 Å². The molecule has 1 aliphatic rings. The van der Waals surface area contributed by atoms with E-state index in [0.717, 1.165) is 23.7 Å². The van der Waals surface area contributed by atoms with Gasteiger partial charge in [0.15, 0.2) is 11.0 Å². The molecule has 1 fully saturated rings. The van der Waals surface area contributed by atoms with Gasteiger partial charge in [0.05, 0.1) is 5.56 Å². The number of benzene rings is 1. The molecule has 0 atom stereocenters. The van der Waals surface area contributed by atoms with Crippen molar-refractivity contribution in [2.45, 2.75) is 35.5 Å². The number of rotatable bonds is 6. The summed E-state index contributed by atoms with van der Waals surface area (Å²) in [6.07, 6.45) is 5.82. The van der Waals surface area contributed by atoms with E-state index < -0.39 is 0 Å². The first-order valence-electron chi connectivity index (χ1n) is 8.06. The Morgan fingerprint density at radius 3 is 2.84 bits per heavy atom. The predicted octanol–water partition coefficient (Wildman–Crippen LogP) is 4.09. The highest BCUT2D eigenvalue weighted by molar-refractivity contribution is 7.99. The summed E-state index contributed by atoms with van der Waals surface area (Å²) in [5.74, 6) is 1.53. The van der Waals surface area contributed by atoms with Crippen LogP contribution in [0.3, 0.4) is 0 Å². The van der Waals surface area contributed by atoms with Crippen LogP contribution in [0.25, 0.3) is 11.4 Å². The lowest BCUT2D eigenvalue weighted by Gasteiger charge is -2.08. The molecule has 0 amide bonds.